The molecule has 0 fully saturated rings. The van der Waals surface area contributed by atoms with Crippen LogP contribution in [0.15, 0.2) is 29.4 Å². The van der Waals surface area contributed by atoms with Crippen LogP contribution in [0.2, 0.25) is 0 Å². The third-order valence-electron chi connectivity index (χ3n) is 3.64. The van der Waals surface area contributed by atoms with Gasteiger partial charge in [-0.05, 0) is 18.9 Å². The first-order chi connectivity index (χ1) is 9.25. The summed E-state index contributed by atoms with van der Waals surface area (Å²) in [6, 6.07) is 7.37. The van der Waals surface area contributed by atoms with E-state index >= 15 is 0 Å². The van der Waals surface area contributed by atoms with Gasteiger partial charge < -0.3 is 9.57 Å². The standard InChI is InChI=1S/C15H17NO3/c1-2-3-4-7-11-10-15(19-16-11)13-9-6-5-8-12(13)14(17)18-15/h5-6,8-9H,2-4,7,10H2,1H3. The Morgan fingerprint density at radius 3 is 3.00 bits per heavy atom. The number of carbonyl (C=O) groups excluding carboxylic acids is 1. The van der Waals surface area contributed by atoms with E-state index in [4.69, 9.17) is 9.57 Å². The molecule has 0 N–H and O–H groups in total. The molecule has 1 unspecified atom stereocenters. The Morgan fingerprint density at radius 1 is 1.32 bits per heavy atom. The van der Waals surface area contributed by atoms with Gasteiger partial charge in [-0.1, -0.05) is 43.1 Å². The molecule has 1 aromatic rings. The molecule has 2 aliphatic rings. The van der Waals surface area contributed by atoms with E-state index in [1.54, 1.807) is 6.07 Å². The van der Waals surface area contributed by atoms with Gasteiger partial charge in [-0.2, -0.15) is 0 Å². The van der Waals surface area contributed by atoms with E-state index in [1.807, 2.05) is 18.2 Å². The zero-order valence-corrected chi connectivity index (χ0v) is 11.0. The summed E-state index contributed by atoms with van der Waals surface area (Å²) in [4.78, 5) is 17.3. The second kappa shape index (κ2) is 4.68. The van der Waals surface area contributed by atoms with Gasteiger partial charge in [0, 0.05) is 0 Å². The van der Waals surface area contributed by atoms with Gasteiger partial charge >= 0.3 is 11.8 Å². The van der Waals surface area contributed by atoms with Crippen molar-refractivity contribution in [3.63, 3.8) is 0 Å². The summed E-state index contributed by atoms with van der Waals surface area (Å²) in [5.41, 5.74) is 2.37. The Bertz CT molecular complexity index is 538. The van der Waals surface area contributed by atoms with Gasteiger partial charge in [-0.3, -0.25) is 0 Å². The third-order valence-corrected chi connectivity index (χ3v) is 3.64. The molecule has 2 heterocycles. The molecule has 3 rings (SSSR count). The SMILES string of the molecule is CCCCCC1=NOC2(C1)OC(=O)c1ccccc12. The van der Waals surface area contributed by atoms with Crippen LogP contribution < -0.4 is 0 Å². The van der Waals surface area contributed by atoms with Gasteiger partial charge in [-0.15, -0.1) is 0 Å². The van der Waals surface area contributed by atoms with Crippen molar-refractivity contribution in [3.8, 4) is 0 Å². The van der Waals surface area contributed by atoms with Crippen molar-refractivity contribution in [1.82, 2.24) is 0 Å². The first kappa shape index (κ1) is 12.2. The van der Waals surface area contributed by atoms with Gasteiger partial charge in [0.1, 0.15) is 0 Å². The molecule has 4 nitrogen and oxygen atoms in total. The van der Waals surface area contributed by atoms with Gasteiger partial charge in [0.2, 0.25) is 0 Å². The maximum atomic E-state index is 11.8. The van der Waals surface area contributed by atoms with E-state index < -0.39 is 5.79 Å². The average Bonchev–Trinajstić information content (AvgIpc) is 2.95. The molecule has 4 heteroatoms. The van der Waals surface area contributed by atoms with Crippen molar-refractivity contribution in [2.24, 2.45) is 5.16 Å². The number of ether oxygens (including phenoxy) is 1. The highest BCUT2D eigenvalue weighted by Crippen LogP contribution is 2.43. The normalized spacial score (nSPS) is 24.1. The first-order valence-corrected chi connectivity index (χ1v) is 6.82. The molecule has 19 heavy (non-hydrogen) atoms. The van der Waals surface area contributed by atoms with Crippen LogP contribution in [0.5, 0.6) is 0 Å². The number of oxime groups is 1. The van der Waals surface area contributed by atoms with Crippen LogP contribution in [0.25, 0.3) is 0 Å². The summed E-state index contributed by atoms with van der Waals surface area (Å²) in [5.74, 6) is -1.31. The van der Waals surface area contributed by atoms with Crippen molar-refractivity contribution in [1.29, 1.82) is 0 Å². The van der Waals surface area contributed by atoms with Gasteiger partial charge in [0.15, 0.2) is 0 Å². The van der Waals surface area contributed by atoms with E-state index in [0.29, 0.717) is 12.0 Å². The molecule has 0 amide bonds. The van der Waals surface area contributed by atoms with E-state index in [2.05, 4.69) is 12.1 Å². The fourth-order valence-corrected chi connectivity index (χ4v) is 2.64. The largest absolute Gasteiger partial charge is 0.412 e. The molecular weight excluding hydrogens is 242 g/mol. The number of hydrogen-bond acceptors (Lipinski definition) is 4. The Hall–Kier alpha value is -1.84. The summed E-state index contributed by atoms with van der Waals surface area (Å²) in [6.45, 7) is 2.17. The highest BCUT2D eigenvalue weighted by Gasteiger charge is 2.51. The summed E-state index contributed by atoms with van der Waals surface area (Å²) < 4.78 is 5.44. The van der Waals surface area contributed by atoms with Crippen LogP contribution in [0.1, 0.15) is 54.9 Å². The van der Waals surface area contributed by atoms with E-state index in [-0.39, 0.29) is 5.97 Å². The van der Waals surface area contributed by atoms with Crippen molar-refractivity contribution in [2.45, 2.75) is 44.8 Å². The second-order valence-corrected chi connectivity index (χ2v) is 5.07. The number of hydrogen-bond donors (Lipinski definition) is 0. The molecule has 1 aromatic carbocycles. The van der Waals surface area contributed by atoms with Crippen LogP contribution in [0.3, 0.4) is 0 Å². The van der Waals surface area contributed by atoms with Crippen LogP contribution >= 0.6 is 0 Å². The smallest absolute Gasteiger partial charge is 0.342 e. The minimum Gasteiger partial charge on any atom is -0.412 e. The summed E-state index contributed by atoms with van der Waals surface area (Å²) in [6.07, 6.45) is 4.93. The topological polar surface area (TPSA) is 47.9 Å². The first-order valence-electron chi connectivity index (χ1n) is 6.82. The van der Waals surface area contributed by atoms with Crippen LogP contribution in [0.4, 0.5) is 0 Å². The van der Waals surface area contributed by atoms with Gasteiger partial charge in [-0.25, -0.2) is 4.79 Å². The van der Waals surface area contributed by atoms with Crippen molar-refractivity contribution in [3.05, 3.63) is 35.4 Å². The third kappa shape index (κ3) is 2.01. The van der Waals surface area contributed by atoms with E-state index in [1.165, 1.54) is 12.8 Å². The van der Waals surface area contributed by atoms with Crippen LogP contribution in [-0.2, 0) is 15.4 Å². The summed E-state index contributed by atoms with van der Waals surface area (Å²) in [5, 5.41) is 4.12. The van der Waals surface area contributed by atoms with Gasteiger partial charge in [0.05, 0.1) is 23.3 Å². The monoisotopic (exact) mass is 259 g/mol. The fourth-order valence-electron chi connectivity index (χ4n) is 2.64. The van der Waals surface area contributed by atoms with Gasteiger partial charge in [0.25, 0.3) is 0 Å². The predicted molar refractivity (Wildman–Crippen MR) is 70.8 cm³/mol. The highest BCUT2D eigenvalue weighted by molar-refractivity contribution is 5.96. The number of rotatable bonds is 4. The molecule has 0 aromatic heterocycles. The fraction of sp³-hybridized carbons (Fsp3) is 0.467. The molecule has 0 saturated heterocycles. The number of unbranched alkanes of at least 4 members (excludes halogenated alkanes) is 2. The van der Waals surface area contributed by atoms with E-state index in [9.17, 15) is 4.79 Å². The van der Waals surface area contributed by atoms with E-state index in [0.717, 1.165) is 24.1 Å². The maximum absolute atomic E-state index is 11.8. The number of fused-ring (bicyclic) bond motifs is 2. The summed E-state index contributed by atoms with van der Waals surface area (Å²) in [7, 11) is 0. The molecule has 2 aliphatic heterocycles. The molecular formula is C15H17NO3. The lowest BCUT2D eigenvalue weighted by atomic mass is 9.96. The second-order valence-electron chi connectivity index (χ2n) is 5.07. The molecule has 0 bridgehead atoms. The molecule has 1 spiro atoms. The average molecular weight is 259 g/mol. The number of esters is 1. The Kier molecular flexibility index (Phi) is 3.01. The minimum absolute atomic E-state index is 0.319. The lowest BCUT2D eigenvalue weighted by Crippen LogP contribution is -2.26. The molecule has 0 saturated carbocycles. The van der Waals surface area contributed by atoms with Crippen molar-refractivity contribution >= 4 is 11.7 Å². The van der Waals surface area contributed by atoms with Crippen molar-refractivity contribution in [2.75, 3.05) is 0 Å². The Balaban J connectivity index is 1.76. The number of carbonyl (C=O) groups is 1. The zero-order valence-electron chi connectivity index (χ0n) is 11.0. The maximum Gasteiger partial charge on any atom is 0.342 e. The number of benzene rings is 1. The van der Waals surface area contributed by atoms with Crippen molar-refractivity contribution < 1.29 is 14.4 Å². The lowest BCUT2D eigenvalue weighted by Gasteiger charge is -2.19. The molecule has 0 aliphatic carbocycles. The van der Waals surface area contributed by atoms with Crippen LogP contribution in [-0.4, -0.2) is 11.7 Å². The molecule has 0 radical (unpaired) electrons. The summed E-state index contributed by atoms with van der Waals surface area (Å²) >= 11 is 0. The lowest BCUT2D eigenvalue weighted by molar-refractivity contribution is -0.186. The number of nitrogens with zero attached hydrogens (tertiary/aromatic N) is 1. The quantitative estimate of drug-likeness (QED) is 0.615. The Labute approximate surface area is 112 Å². The van der Waals surface area contributed by atoms with Crippen LogP contribution in [0, 0.1) is 0 Å². The highest BCUT2D eigenvalue weighted by atomic mass is 16.8. The zero-order chi connectivity index (χ0) is 13.3. The Morgan fingerprint density at radius 2 is 2.16 bits per heavy atom. The predicted octanol–water partition coefficient (Wildman–Crippen LogP) is 3.37. The molecule has 1 atom stereocenters. The minimum atomic E-state index is -0.991. The molecule has 100 valence electrons.